The Balaban J connectivity index is 0.000000570. The second-order valence-electron chi connectivity index (χ2n) is 15.6. The molecule has 0 fully saturated rings. The summed E-state index contributed by atoms with van der Waals surface area (Å²) in [4.78, 5) is 44.7. The van der Waals surface area contributed by atoms with Crippen LogP contribution in [-0.2, 0) is 28.7 Å². The summed E-state index contributed by atoms with van der Waals surface area (Å²) in [6.45, 7) is 16.0. The molecular weight excluding hydrogens is 725 g/mol. The molecule has 10 nitrogen and oxygen atoms in total. The maximum absolute atomic E-state index is 11.9. The molecule has 57 heavy (non-hydrogen) atoms. The third-order valence-corrected chi connectivity index (χ3v) is 9.86. The number of carbonyl (C=O) groups is 4. The first-order valence-corrected chi connectivity index (χ1v) is 20.7. The summed E-state index contributed by atoms with van der Waals surface area (Å²) in [6, 6.07) is 13.0. The van der Waals surface area contributed by atoms with E-state index in [4.69, 9.17) is 29.2 Å². The first-order chi connectivity index (χ1) is 27.1. The lowest BCUT2D eigenvalue weighted by atomic mass is 9.91. The number of carboxylic acid groups (broad SMARTS) is 2. The largest absolute Gasteiger partial charge is 0.494 e. The highest BCUT2D eigenvalue weighted by atomic mass is 16.5. The van der Waals surface area contributed by atoms with E-state index in [0.717, 1.165) is 130 Å². The van der Waals surface area contributed by atoms with E-state index in [0.29, 0.717) is 26.4 Å². The van der Waals surface area contributed by atoms with E-state index < -0.39 is 11.9 Å². The summed E-state index contributed by atoms with van der Waals surface area (Å²) < 4.78 is 22.2. The molecule has 2 N–H and O–H groups in total. The van der Waals surface area contributed by atoms with Crippen LogP contribution in [0, 0.1) is 17.8 Å². The molecule has 318 valence electrons. The van der Waals surface area contributed by atoms with E-state index >= 15 is 0 Å². The van der Waals surface area contributed by atoms with Gasteiger partial charge in [0.25, 0.3) is 0 Å². The van der Waals surface area contributed by atoms with Crippen LogP contribution in [-0.4, -0.2) is 60.5 Å². The zero-order valence-electron chi connectivity index (χ0n) is 35.7. The Kier molecular flexibility index (Phi) is 25.4. The van der Waals surface area contributed by atoms with Gasteiger partial charge in [-0.1, -0.05) is 83.4 Å². The van der Waals surface area contributed by atoms with E-state index in [1.165, 1.54) is 0 Å². The fraction of sp³-hybridized carbons (Fsp3) is 0.574. The molecule has 0 saturated heterocycles. The maximum atomic E-state index is 11.9. The van der Waals surface area contributed by atoms with Crippen molar-refractivity contribution < 1.29 is 48.3 Å². The van der Waals surface area contributed by atoms with Crippen LogP contribution in [0.2, 0.25) is 0 Å². The van der Waals surface area contributed by atoms with Crippen LogP contribution in [0.5, 0.6) is 11.5 Å². The number of carbonyl (C=O) groups excluding carboxylic acids is 2. The van der Waals surface area contributed by atoms with Crippen molar-refractivity contribution in [1.29, 1.82) is 0 Å². The Morgan fingerprint density at radius 1 is 0.544 bits per heavy atom. The Morgan fingerprint density at radius 3 is 1.35 bits per heavy atom. The molecule has 2 aromatic rings. The monoisotopic (exact) mass is 794 g/mol. The molecule has 0 aliphatic rings. The van der Waals surface area contributed by atoms with Crippen LogP contribution < -0.4 is 9.47 Å². The molecule has 0 saturated carbocycles. The number of carboxylic acids is 2. The molecular formula is C47H70O10. The van der Waals surface area contributed by atoms with Gasteiger partial charge in [-0.2, -0.15) is 0 Å². The van der Waals surface area contributed by atoms with Gasteiger partial charge >= 0.3 is 23.9 Å². The minimum atomic E-state index is -0.957. The molecule has 0 spiro atoms. The molecule has 0 atom stereocenters. The van der Waals surface area contributed by atoms with Gasteiger partial charge in [-0.05, 0) is 126 Å². The van der Waals surface area contributed by atoms with Gasteiger partial charge in [0.15, 0.2) is 0 Å². The van der Waals surface area contributed by atoms with Crippen LogP contribution >= 0.6 is 0 Å². The van der Waals surface area contributed by atoms with E-state index in [9.17, 15) is 19.2 Å². The van der Waals surface area contributed by atoms with Gasteiger partial charge in [0.1, 0.15) is 11.5 Å². The summed E-state index contributed by atoms with van der Waals surface area (Å²) in [5.74, 6) is -0.471. The van der Waals surface area contributed by atoms with Crippen LogP contribution in [0.25, 0.3) is 12.2 Å². The predicted octanol–water partition coefficient (Wildman–Crippen LogP) is 11.3. The van der Waals surface area contributed by atoms with Crippen molar-refractivity contribution in [3.63, 3.8) is 0 Å². The van der Waals surface area contributed by atoms with Gasteiger partial charge in [-0.25, -0.2) is 9.59 Å². The lowest BCUT2D eigenvalue weighted by Gasteiger charge is -2.20. The van der Waals surface area contributed by atoms with Crippen molar-refractivity contribution in [2.75, 3.05) is 26.4 Å². The minimum absolute atomic E-state index is 0.0987. The SMILES string of the molecule is CCC(C)(C)C(=O)OCCCCCCCCOc1ccc(/C=C/C(=O)O)cc1.CCC(C)(C)C(=O)OCCCCCCCCOc1ccc(/C=C/C(=O)O)cc1C. The minimum Gasteiger partial charge on any atom is -0.494 e. The molecule has 10 heteroatoms. The Bertz CT molecular complexity index is 1520. The number of aryl methyl sites for hydroxylation is 1. The fourth-order valence-corrected chi connectivity index (χ4v) is 5.15. The van der Waals surface area contributed by atoms with E-state index in [-0.39, 0.29) is 22.8 Å². The number of ether oxygens (including phenoxy) is 4. The highest BCUT2D eigenvalue weighted by molar-refractivity contribution is 5.85. The van der Waals surface area contributed by atoms with E-state index in [1.807, 2.05) is 90.9 Å². The number of rotatable bonds is 28. The Morgan fingerprint density at radius 2 is 0.930 bits per heavy atom. The zero-order valence-corrected chi connectivity index (χ0v) is 35.7. The highest BCUT2D eigenvalue weighted by Crippen LogP contribution is 2.23. The molecule has 0 unspecified atom stereocenters. The third kappa shape index (κ3) is 23.9. The third-order valence-electron chi connectivity index (χ3n) is 9.86. The van der Waals surface area contributed by atoms with Crippen molar-refractivity contribution in [3.8, 4) is 11.5 Å². The topological polar surface area (TPSA) is 146 Å². The fourth-order valence-electron chi connectivity index (χ4n) is 5.15. The molecule has 0 aliphatic carbocycles. The van der Waals surface area contributed by atoms with Crippen LogP contribution in [0.4, 0.5) is 0 Å². The zero-order chi connectivity index (χ0) is 42.5. The van der Waals surface area contributed by atoms with Crippen LogP contribution in [0.1, 0.15) is 148 Å². The van der Waals surface area contributed by atoms with Crippen molar-refractivity contribution in [2.24, 2.45) is 10.8 Å². The van der Waals surface area contributed by atoms with Crippen LogP contribution in [0.15, 0.2) is 54.6 Å². The Labute approximate surface area is 342 Å². The number of aliphatic carboxylic acids is 2. The summed E-state index contributed by atoms with van der Waals surface area (Å²) in [7, 11) is 0. The molecule has 0 aromatic heterocycles. The maximum Gasteiger partial charge on any atom is 0.328 e. The smallest absolute Gasteiger partial charge is 0.328 e. The normalized spacial score (nSPS) is 11.6. The van der Waals surface area contributed by atoms with Gasteiger partial charge < -0.3 is 29.2 Å². The second kappa shape index (κ2) is 28.7. The first kappa shape index (κ1) is 50.4. The summed E-state index contributed by atoms with van der Waals surface area (Å²) in [6.07, 6.45) is 19.7. The lowest BCUT2D eigenvalue weighted by molar-refractivity contribution is -0.155. The van der Waals surface area contributed by atoms with Crippen molar-refractivity contribution in [2.45, 2.75) is 138 Å². The lowest BCUT2D eigenvalue weighted by Crippen LogP contribution is -2.26. The molecule has 2 rings (SSSR count). The average molecular weight is 795 g/mol. The van der Waals surface area contributed by atoms with Gasteiger partial charge in [-0.15, -0.1) is 0 Å². The summed E-state index contributed by atoms with van der Waals surface area (Å²) in [5, 5.41) is 17.3. The van der Waals surface area contributed by atoms with Gasteiger partial charge in [0.2, 0.25) is 0 Å². The molecule has 0 heterocycles. The second-order valence-corrected chi connectivity index (χ2v) is 15.6. The molecule has 0 amide bonds. The first-order valence-electron chi connectivity index (χ1n) is 20.7. The van der Waals surface area contributed by atoms with Crippen molar-refractivity contribution >= 4 is 36.0 Å². The van der Waals surface area contributed by atoms with E-state index in [1.54, 1.807) is 12.2 Å². The quantitative estimate of drug-likeness (QED) is 0.0485. The standard InChI is InChI=1S/C24H36O5.C23H34O5/c1-5-24(3,4)23(27)29-17-11-9-7-6-8-10-16-28-21-14-12-20(18-19(21)2)13-15-22(25)26;1-4-23(2,3)22(26)28-18-10-8-6-5-7-9-17-27-20-14-11-19(12-15-20)13-16-21(24)25/h12-15,18H,5-11,16-17H2,1-4H3,(H,25,26);11-16H,4-10,17-18H2,1-3H3,(H,24,25)/b15-13+;16-13+. The summed E-state index contributed by atoms with van der Waals surface area (Å²) >= 11 is 0. The Hall–Kier alpha value is -4.60. The van der Waals surface area contributed by atoms with Crippen molar-refractivity contribution in [1.82, 2.24) is 0 Å². The molecule has 2 aromatic carbocycles. The number of hydrogen-bond acceptors (Lipinski definition) is 8. The van der Waals surface area contributed by atoms with Crippen LogP contribution in [0.3, 0.4) is 0 Å². The van der Waals surface area contributed by atoms with Gasteiger partial charge in [0.05, 0.1) is 37.3 Å². The molecule has 0 aliphatic heterocycles. The van der Waals surface area contributed by atoms with Gasteiger partial charge in [-0.3, -0.25) is 9.59 Å². The molecule has 0 bridgehead atoms. The highest BCUT2D eigenvalue weighted by Gasteiger charge is 2.27. The van der Waals surface area contributed by atoms with Crippen molar-refractivity contribution in [3.05, 3.63) is 71.3 Å². The predicted molar refractivity (Wildman–Crippen MR) is 227 cm³/mol. The number of esters is 2. The van der Waals surface area contributed by atoms with Gasteiger partial charge in [0, 0.05) is 12.2 Å². The van der Waals surface area contributed by atoms with E-state index in [2.05, 4.69) is 0 Å². The number of benzene rings is 2. The number of unbranched alkanes of at least 4 members (excludes halogenated alkanes) is 10. The number of hydrogen-bond donors (Lipinski definition) is 2. The average Bonchev–Trinajstić information content (AvgIpc) is 3.18. The molecule has 0 radical (unpaired) electrons. The summed E-state index contributed by atoms with van der Waals surface area (Å²) in [5.41, 5.74) is 1.92.